The number of aromatic amines is 1. The SMILES string of the molecule is Cc1[nH]c(=S)cnc1-c1ccccc1. The van der Waals surface area contributed by atoms with E-state index >= 15 is 0 Å². The average Bonchev–Trinajstić information content (AvgIpc) is 2.19. The first kappa shape index (κ1) is 9.09. The fourth-order valence-corrected chi connectivity index (χ4v) is 1.59. The van der Waals surface area contributed by atoms with Gasteiger partial charge in [-0.15, -0.1) is 0 Å². The van der Waals surface area contributed by atoms with Crippen LogP contribution in [0.3, 0.4) is 0 Å². The molecule has 0 aliphatic carbocycles. The van der Waals surface area contributed by atoms with E-state index in [9.17, 15) is 0 Å². The topological polar surface area (TPSA) is 28.7 Å². The number of nitrogens with one attached hydrogen (secondary N) is 1. The summed E-state index contributed by atoms with van der Waals surface area (Å²) >= 11 is 4.99. The molecule has 2 nitrogen and oxygen atoms in total. The fourth-order valence-electron chi connectivity index (χ4n) is 1.38. The van der Waals surface area contributed by atoms with Crippen molar-refractivity contribution >= 4 is 12.2 Å². The molecule has 0 saturated heterocycles. The van der Waals surface area contributed by atoms with Gasteiger partial charge in [0.25, 0.3) is 0 Å². The van der Waals surface area contributed by atoms with Gasteiger partial charge < -0.3 is 4.98 Å². The second kappa shape index (κ2) is 3.72. The number of aromatic nitrogens is 2. The molecule has 14 heavy (non-hydrogen) atoms. The molecule has 0 unspecified atom stereocenters. The first-order valence-electron chi connectivity index (χ1n) is 4.39. The molecule has 0 saturated carbocycles. The highest BCUT2D eigenvalue weighted by atomic mass is 32.1. The summed E-state index contributed by atoms with van der Waals surface area (Å²) in [6.07, 6.45) is 1.67. The van der Waals surface area contributed by atoms with Crippen molar-refractivity contribution in [2.45, 2.75) is 6.92 Å². The summed E-state index contributed by atoms with van der Waals surface area (Å²) in [6.45, 7) is 1.98. The summed E-state index contributed by atoms with van der Waals surface area (Å²) in [7, 11) is 0. The predicted octanol–water partition coefficient (Wildman–Crippen LogP) is 3.11. The summed E-state index contributed by atoms with van der Waals surface area (Å²) < 4.78 is 0.669. The van der Waals surface area contributed by atoms with Crippen LogP contribution >= 0.6 is 12.2 Å². The largest absolute Gasteiger partial charge is 0.347 e. The summed E-state index contributed by atoms with van der Waals surface area (Å²) in [6, 6.07) is 10.1. The van der Waals surface area contributed by atoms with Crippen LogP contribution in [0.25, 0.3) is 11.3 Å². The highest BCUT2D eigenvalue weighted by Crippen LogP contribution is 2.17. The molecule has 1 aromatic heterocycles. The van der Waals surface area contributed by atoms with Gasteiger partial charge >= 0.3 is 0 Å². The quantitative estimate of drug-likeness (QED) is 0.720. The number of hydrogen-bond donors (Lipinski definition) is 1. The van der Waals surface area contributed by atoms with Gasteiger partial charge in [-0.3, -0.25) is 4.98 Å². The van der Waals surface area contributed by atoms with Gasteiger partial charge in [0.2, 0.25) is 0 Å². The van der Waals surface area contributed by atoms with Crippen LogP contribution in [-0.4, -0.2) is 9.97 Å². The summed E-state index contributed by atoms with van der Waals surface area (Å²) in [5.41, 5.74) is 3.07. The summed E-state index contributed by atoms with van der Waals surface area (Å²) in [5, 5.41) is 0. The molecule has 2 rings (SSSR count). The average molecular weight is 202 g/mol. The van der Waals surface area contributed by atoms with Crippen molar-refractivity contribution in [3.05, 3.63) is 46.9 Å². The minimum atomic E-state index is 0.669. The molecule has 70 valence electrons. The van der Waals surface area contributed by atoms with Crippen LogP contribution in [0.2, 0.25) is 0 Å². The maximum absolute atomic E-state index is 4.99. The first-order chi connectivity index (χ1) is 6.77. The van der Waals surface area contributed by atoms with Gasteiger partial charge in [0.15, 0.2) is 0 Å². The maximum Gasteiger partial charge on any atom is 0.122 e. The Labute approximate surface area is 87.7 Å². The zero-order valence-electron chi connectivity index (χ0n) is 7.82. The van der Waals surface area contributed by atoms with Crippen LogP contribution in [0.4, 0.5) is 0 Å². The van der Waals surface area contributed by atoms with E-state index in [0.29, 0.717) is 4.64 Å². The molecule has 0 atom stereocenters. The van der Waals surface area contributed by atoms with Gasteiger partial charge in [-0.1, -0.05) is 42.5 Å². The zero-order valence-corrected chi connectivity index (χ0v) is 8.64. The van der Waals surface area contributed by atoms with Crippen molar-refractivity contribution in [3.63, 3.8) is 0 Å². The molecule has 0 fully saturated rings. The standard InChI is InChI=1S/C11H10N2S/c1-8-11(12-7-10(14)13-8)9-5-3-2-4-6-9/h2-7H,1H3,(H,13,14). The molecular formula is C11H10N2S. The fraction of sp³-hybridized carbons (Fsp3) is 0.0909. The normalized spacial score (nSPS) is 10.1. The minimum Gasteiger partial charge on any atom is -0.347 e. The van der Waals surface area contributed by atoms with Gasteiger partial charge in [0.05, 0.1) is 11.9 Å². The Morgan fingerprint density at radius 1 is 1.21 bits per heavy atom. The van der Waals surface area contributed by atoms with Crippen molar-refractivity contribution < 1.29 is 0 Å². The van der Waals surface area contributed by atoms with Crippen molar-refractivity contribution in [3.8, 4) is 11.3 Å². The Morgan fingerprint density at radius 3 is 2.57 bits per heavy atom. The number of hydrogen-bond acceptors (Lipinski definition) is 2. The van der Waals surface area contributed by atoms with E-state index in [-0.39, 0.29) is 0 Å². The summed E-state index contributed by atoms with van der Waals surface area (Å²) in [4.78, 5) is 7.40. The maximum atomic E-state index is 4.99. The molecule has 2 aromatic rings. The lowest BCUT2D eigenvalue weighted by molar-refractivity contribution is 1.11. The molecule has 3 heteroatoms. The van der Waals surface area contributed by atoms with Crippen LogP contribution in [0, 0.1) is 11.6 Å². The molecule has 0 radical (unpaired) electrons. The van der Waals surface area contributed by atoms with E-state index in [2.05, 4.69) is 9.97 Å². The number of H-pyrrole nitrogens is 1. The molecular weight excluding hydrogens is 192 g/mol. The Hall–Kier alpha value is -1.48. The lowest BCUT2D eigenvalue weighted by atomic mass is 10.1. The van der Waals surface area contributed by atoms with Crippen LogP contribution < -0.4 is 0 Å². The van der Waals surface area contributed by atoms with Crippen LogP contribution in [-0.2, 0) is 0 Å². The van der Waals surface area contributed by atoms with Crippen LogP contribution in [0.1, 0.15) is 5.69 Å². The third kappa shape index (κ3) is 1.72. The lowest BCUT2D eigenvalue weighted by Crippen LogP contribution is -1.91. The highest BCUT2D eigenvalue weighted by Gasteiger charge is 2.01. The van der Waals surface area contributed by atoms with Crippen molar-refractivity contribution in [1.82, 2.24) is 9.97 Å². The van der Waals surface area contributed by atoms with E-state index in [4.69, 9.17) is 12.2 Å². The van der Waals surface area contributed by atoms with E-state index in [1.165, 1.54) is 0 Å². The number of aryl methyl sites for hydroxylation is 1. The molecule has 1 aromatic carbocycles. The van der Waals surface area contributed by atoms with E-state index < -0.39 is 0 Å². The molecule has 0 aliphatic heterocycles. The first-order valence-corrected chi connectivity index (χ1v) is 4.79. The molecule has 0 aliphatic rings. The Kier molecular flexibility index (Phi) is 2.41. The second-order valence-corrected chi connectivity index (χ2v) is 3.53. The molecule has 1 heterocycles. The number of rotatable bonds is 1. The smallest absolute Gasteiger partial charge is 0.122 e. The molecule has 0 amide bonds. The number of nitrogens with zero attached hydrogens (tertiary/aromatic N) is 1. The third-order valence-corrected chi connectivity index (χ3v) is 2.23. The van der Waals surface area contributed by atoms with Gasteiger partial charge in [0.1, 0.15) is 4.64 Å². The van der Waals surface area contributed by atoms with Crippen molar-refractivity contribution in [1.29, 1.82) is 0 Å². The monoisotopic (exact) mass is 202 g/mol. The minimum absolute atomic E-state index is 0.669. The van der Waals surface area contributed by atoms with E-state index in [1.807, 2.05) is 37.3 Å². The predicted molar refractivity (Wildman–Crippen MR) is 59.6 cm³/mol. The van der Waals surface area contributed by atoms with Crippen LogP contribution in [0.5, 0.6) is 0 Å². The van der Waals surface area contributed by atoms with E-state index in [1.54, 1.807) is 6.20 Å². The third-order valence-electron chi connectivity index (χ3n) is 2.02. The number of benzene rings is 1. The van der Waals surface area contributed by atoms with E-state index in [0.717, 1.165) is 17.0 Å². The Balaban J connectivity index is 2.58. The zero-order chi connectivity index (χ0) is 9.97. The highest BCUT2D eigenvalue weighted by molar-refractivity contribution is 7.71. The Bertz CT molecular complexity index is 488. The molecule has 0 bridgehead atoms. The van der Waals surface area contributed by atoms with Crippen molar-refractivity contribution in [2.24, 2.45) is 0 Å². The second-order valence-electron chi connectivity index (χ2n) is 3.09. The molecule has 1 N–H and O–H groups in total. The van der Waals surface area contributed by atoms with Crippen molar-refractivity contribution in [2.75, 3.05) is 0 Å². The Morgan fingerprint density at radius 2 is 1.93 bits per heavy atom. The summed E-state index contributed by atoms with van der Waals surface area (Å²) in [5.74, 6) is 0. The van der Waals surface area contributed by atoms with Gasteiger partial charge in [-0.2, -0.15) is 0 Å². The molecule has 0 spiro atoms. The van der Waals surface area contributed by atoms with Gasteiger partial charge in [-0.25, -0.2) is 0 Å². The van der Waals surface area contributed by atoms with Gasteiger partial charge in [-0.05, 0) is 6.92 Å². The lowest BCUT2D eigenvalue weighted by Gasteiger charge is -2.03. The van der Waals surface area contributed by atoms with Gasteiger partial charge in [0, 0.05) is 11.3 Å². The van der Waals surface area contributed by atoms with Crippen LogP contribution in [0.15, 0.2) is 36.5 Å².